The number of methoxy groups -OCH3 is 1. The number of halogens is 1. The SMILES string of the molecule is COc1ccc(C(=O)Nc2ccc(Cl)cc2[C@@H](O)c2ccccc2)cc1[N+](=O)[O-]. The van der Waals surface area contributed by atoms with E-state index in [0.717, 1.165) is 6.07 Å². The molecule has 0 unspecified atom stereocenters. The number of hydrogen-bond acceptors (Lipinski definition) is 5. The minimum absolute atomic E-state index is 0.0539. The fraction of sp³-hybridized carbons (Fsp3) is 0.0952. The van der Waals surface area contributed by atoms with Gasteiger partial charge in [0.05, 0.1) is 12.0 Å². The molecule has 1 amide bonds. The molecule has 0 aliphatic rings. The Morgan fingerprint density at radius 3 is 2.52 bits per heavy atom. The van der Waals surface area contributed by atoms with Crippen molar-refractivity contribution in [3.8, 4) is 5.75 Å². The van der Waals surface area contributed by atoms with E-state index in [0.29, 0.717) is 21.8 Å². The van der Waals surface area contributed by atoms with Crippen molar-refractivity contribution >= 4 is 28.9 Å². The summed E-state index contributed by atoms with van der Waals surface area (Å²) in [6, 6.07) is 17.5. The molecule has 148 valence electrons. The summed E-state index contributed by atoms with van der Waals surface area (Å²) < 4.78 is 4.95. The van der Waals surface area contributed by atoms with Gasteiger partial charge in [-0.2, -0.15) is 0 Å². The van der Waals surface area contributed by atoms with Crippen LogP contribution in [-0.4, -0.2) is 23.0 Å². The number of aliphatic hydroxyl groups is 1. The van der Waals surface area contributed by atoms with Crippen LogP contribution in [0.25, 0.3) is 0 Å². The highest BCUT2D eigenvalue weighted by Crippen LogP contribution is 2.32. The zero-order chi connectivity index (χ0) is 21.0. The average Bonchev–Trinajstić information content (AvgIpc) is 2.74. The average molecular weight is 413 g/mol. The Labute approximate surface area is 171 Å². The predicted molar refractivity (Wildman–Crippen MR) is 110 cm³/mol. The van der Waals surface area contributed by atoms with Crippen LogP contribution < -0.4 is 10.1 Å². The summed E-state index contributed by atoms with van der Waals surface area (Å²) in [7, 11) is 1.31. The van der Waals surface area contributed by atoms with Crippen LogP contribution in [0.4, 0.5) is 11.4 Å². The first kappa shape index (κ1) is 20.3. The van der Waals surface area contributed by atoms with Gasteiger partial charge in [-0.15, -0.1) is 0 Å². The second-order valence-corrected chi connectivity index (χ2v) is 6.58. The van der Waals surface area contributed by atoms with Crippen molar-refractivity contribution in [2.45, 2.75) is 6.10 Å². The second-order valence-electron chi connectivity index (χ2n) is 6.14. The first-order chi connectivity index (χ1) is 13.9. The van der Waals surface area contributed by atoms with Crippen LogP contribution in [0.2, 0.25) is 5.02 Å². The molecule has 0 aliphatic carbocycles. The van der Waals surface area contributed by atoms with Crippen molar-refractivity contribution in [1.82, 2.24) is 0 Å². The third-order valence-corrected chi connectivity index (χ3v) is 4.54. The van der Waals surface area contributed by atoms with Gasteiger partial charge in [0.1, 0.15) is 6.10 Å². The normalized spacial score (nSPS) is 11.6. The maximum atomic E-state index is 12.7. The van der Waals surface area contributed by atoms with Gasteiger partial charge in [0, 0.05) is 27.9 Å². The monoisotopic (exact) mass is 412 g/mol. The Balaban J connectivity index is 1.94. The van der Waals surface area contributed by atoms with Crippen LogP contribution in [0, 0.1) is 10.1 Å². The molecule has 0 aliphatic heterocycles. The van der Waals surface area contributed by atoms with Crippen molar-refractivity contribution in [3.63, 3.8) is 0 Å². The molecule has 29 heavy (non-hydrogen) atoms. The fourth-order valence-electron chi connectivity index (χ4n) is 2.86. The second kappa shape index (κ2) is 8.72. The smallest absolute Gasteiger partial charge is 0.311 e. The van der Waals surface area contributed by atoms with Gasteiger partial charge in [0.2, 0.25) is 0 Å². The molecule has 3 aromatic carbocycles. The Hall–Kier alpha value is -3.42. The molecule has 7 nitrogen and oxygen atoms in total. The summed E-state index contributed by atoms with van der Waals surface area (Å²) in [5.74, 6) is -0.516. The Kier molecular flexibility index (Phi) is 6.11. The number of hydrogen-bond donors (Lipinski definition) is 2. The summed E-state index contributed by atoms with van der Waals surface area (Å²) in [5.41, 5.74) is 1.13. The van der Waals surface area contributed by atoms with E-state index < -0.39 is 16.9 Å². The third-order valence-electron chi connectivity index (χ3n) is 4.31. The number of nitrogens with one attached hydrogen (secondary N) is 1. The van der Waals surface area contributed by atoms with Crippen molar-refractivity contribution in [3.05, 3.63) is 98.6 Å². The Bertz CT molecular complexity index is 1060. The van der Waals surface area contributed by atoms with Gasteiger partial charge in [-0.05, 0) is 35.9 Å². The van der Waals surface area contributed by atoms with E-state index in [2.05, 4.69) is 5.32 Å². The third kappa shape index (κ3) is 4.53. The van der Waals surface area contributed by atoms with E-state index in [4.69, 9.17) is 16.3 Å². The minimum Gasteiger partial charge on any atom is -0.490 e. The van der Waals surface area contributed by atoms with Crippen LogP contribution in [0.3, 0.4) is 0 Å². The molecule has 0 saturated heterocycles. The number of ether oxygens (including phenoxy) is 1. The lowest BCUT2D eigenvalue weighted by molar-refractivity contribution is -0.385. The highest BCUT2D eigenvalue weighted by atomic mass is 35.5. The standard InChI is InChI=1S/C21H17ClN2O5/c1-29-19-10-7-14(11-18(19)24(27)28)21(26)23-17-9-8-15(22)12-16(17)20(25)13-5-3-2-4-6-13/h2-12,20,25H,1H3,(H,23,26)/t20-/m0/s1. The topological polar surface area (TPSA) is 102 Å². The van der Waals surface area contributed by atoms with E-state index in [1.807, 2.05) is 6.07 Å². The number of rotatable bonds is 6. The fourth-order valence-corrected chi connectivity index (χ4v) is 3.04. The van der Waals surface area contributed by atoms with Crippen LogP contribution in [0.15, 0.2) is 66.7 Å². The van der Waals surface area contributed by atoms with E-state index in [9.17, 15) is 20.0 Å². The summed E-state index contributed by atoms with van der Waals surface area (Å²) in [6.07, 6.45) is -1.02. The first-order valence-electron chi connectivity index (χ1n) is 8.57. The van der Waals surface area contributed by atoms with Gasteiger partial charge < -0.3 is 15.2 Å². The van der Waals surface area contributed by atoms with E-state index in [-0.39, 0.29) is 17.0 Å². The lowest BCUT2D eigenvalue weighted by Gasteiger charge is -2.17. The quantitative estimate of drug-likeness (QED) is 0.455. The van der Waals surface area contributed by atoms with Gasteiger partial charge in [0.15, 0.2) is 5.75 Å². The molecule has 3 aromatic rings. The molecule has 3 rings (SSSR count). The number of aliphatic hydroxyl groups excluding tert-OH is 1. The predicted octanol–water partition coefficient (Wildman–Crippen LogP) is 4.59. The molecule has 0 aromatic heterocycles. The highest BCUT2D eigenvalue weighted by Gasteiger charge is 2.20. The van der Waals surface area contributed by atoms with Crippen LogP contribution in [-0.2, 0) is 0 Å². The van der Waals surface area contributed by atoms with E-state index in [1.54, 1.807) is 42.5 Å². The summed E-state index contributed by atoms with van der Waals surface area (Å²) in [5, 5.41) is 25.0. The molecular formula is C21H17ClN2O5. The number of amides is 1. The van der Waals surface area contributed by atoms with Crippen LogP contribution in [0.5, 0.6) is 5.75 Å². The van der Waals surface area contributed by atoms with Crippen molar-refractivity contribution in [1.29, 1.82) is 0 Å². The summed E-state index contributed by atoms with van der Waals surface area (Å²) >= 11 is 6.08. The zero-order valence-corrected chi connectivity index (χ0v) is 16.1. The maximum Gasteiger partial charge on any atom is 0.311 e. The Morgan fingerprint density at radius 2 is 1.86 bits per heavy atom. The lowest BCUT2D eigenvalue weighted by Crippen LogP contribution is -2.15. The molecule has 0 saturated carbocycles. The van der Waals surface area contributed by atoms with Crippen molar-refractivity contribution in [2.75, 3.05) is 12.4 Å². The maximum absolute atomic E-state index is 12.7. The molecular weight excluding hydrogens is 396 g/mol. The van der Waals surface area contributed by atoms with Crippen LogP contribution in [0.1, 0.15) is 27.6 Å². The number of nitrogens with zero attached hydrogens (tertiary/aromatic N) is 1. The van der Waals surface area contributed by atoms with E-state index >= 15 is 0 Å². The van der Waals surface area contributed by atoms with Gasteiger partial charge >= 0.3 is 5.69 Å². The van der Waals surface area contributed by atoms with Crippen molar-refractivity contribution in [2.24, 2.45) is 0 Å². The lowest BCUT2D eigenvalue weighted by atomic mass is 9.99. The molecule has 2 N–H and O–H groups in total. The van der Waals surface area contributed by atoms with Gasteiger partial charge in [0.25, 0.3) is 5.91 Å². The van der Waals surface area contributed by atoms with Crippen molar-refractivity contribution < 1.29 is 19.6 Å². The van der Waals surface area contributed by atoms with E-state index in [1.165, 1.54) is 19.2 Å². The van der Waals surface area contributed by atoms with Gasteiger partial charge in [-0.3, -0.25) is 14.9 Å². The minimum atomic E-state index is -1.02. The number of benzene rings is 3. The number of nitro groups is 1. The first-order valence-corrected chi connectivity index (χ1v) is 8.94. The summed E-state index contributed by atoms with van der Waals surface area (Å²) in [6.45, 7) is 0. The van der Waals surface area contributed by atoms with Gasteiger partial charge in [-0.1, -0.05) is 41.9 Å². The number of carbonyl (C=O) groups excluding carboxylic acids is 1. The zero-order valence-electron chi connectivity index (χ0n) is 15.3. The molecule has 0 fully saturated rings. The molecule has 0 heterocycles. The Morgan fingerprint density at radius 1 is 1.14 bits per heavy atom. The molecule has 0 spiro atoms. The molecule has 0 radical (unpaired) electrons. The highest BCUT2D eigenvalue weighted by molar-refractivity contribution is 6.30. The number of carbonyl (C=O) groups is 1. The van der Waals surface area contributed by atoms with Crippen LogP contribution >= 0.6 is 11.6 Å². The molecule has 1 atom stereocenters. The molecule has 8 heteroatoms. The summed E-state index contributed by atoms with van der Waals surface area (Å²) in [4.78, 5) is 23.3. The molecule has 0 bridgehead atoms. The largest absolute Gasteiger partial charge is 0.490 e. The number of anilines is 1. The van der Waals surface area contributed by atoms with Gasteiger partial charge in [-0.25, -0.2) is 0 Å². The number of nitro benzene ring substituents is 1.